The zero-order chi connectivity index (χ0) is 18.7. The molecule has 7 nitrogen and oxygen atoms in total. The molecule has 27 heavy (non-hydrogen) atoms. The normalized spacial score (nSPS) is 20.2. The van der Waals surface area contributed by atoms with Crippen molar-refractivity contribution in [3.05, 3.63) is 42.7 Å². The first-order valence-corrected chi connectivity index (χ1v) is 10.5. The van der Waals surface area contributed by atoms with Crippen molar-refractivity contribution in [2.24, 2.45) is 5.92 Å². The van der Waals surface area contributed by atoms with E-state index in [9.17, 15) is 8.42 Å². The van der Waals surface area contributed by atoms with Crippen LogP contribution in [0.5, 0.6) is 17.2 Å². The Labute approximate surface area is 158 Å². The van der Waals surface area contributed by atoms with Crippen LogP contribution < -0.4 is 14.2 Å². The molecule has 0 N–H and O–H groups in total. The van der Waals surface area contributed by atoms with Crippen LogP contribution in [-0.2, 0) is 10.0 Å². The molecule has 1 aromatic carbocycles. The van der Waals surface area contributed by atoms with Crippen LogP contribution in [-0.4, -0.2) is 50.6 Å². The minimum absolute atomic E-state index is 0.152. The smallest absolute Gasteiger partial charge is 0.243 e. The van der Waals surface area contributed by atoms with E-state index in [4.69, 9.17) is 14.2 Å². The van der Waals surface area contributed by atoms with Gasteiger partial charge in [0, 0.05) is 37.5 Å². The molecule has 2 aliphatic rings. The lowest BCUT2D eigenvalue weighted by molar-refractivity contribution is 0.170. The van der Waals surface area contributed by atoms with Gasteiger partial charge in [0.05, 0.1) is 11.5 Å². The first-order valence-electron chi connectivity index (χ1n) is 9.05. The largest absolute Gasteiger partial charge is 0.493 e. The molecule has 0 bridgehead atoms. The van der Waals surface area contributed by atoms with Crippen molar-refractivity contribution in [1.29, 1.82) is 0 Å². The SMILES string of the molecule is O=S(=O)(c1ccc2c(c1)OCCO2)N1CCCC(COc2ccncc2)C1. The molecule has 2 aliphatic heterocycles. The number of fused-ring (bicyclic) bond motifs is 1. The summed E-state index contributed by atoms with van der Waals surface area (Å²) in [6.07, 6.45) is 5.11. The maximum atomic E-state index is 13.1. The number of nitrogens with zero attached hydrogens (tertiary/aromatic N) is 2. The van der Waals surface area contributed by atoms with Crippen LogP contribution >= 0.6 is 0 Å². The van der Waals surface area contributed by atoms with Gasteiger partial charge < -0.3 is 14.2 Å². The van der Waals surface area contributed by atoms with Crippen LogP contribution in [0, 0.1) is 5.92 Å². The van der Waals surface area contributed by atoms with E-state index in [0.717, 1.165) is 18.6 Å². The van der Waals surface area contributed by atoms with Gasteiger partial charge in [-0.3, -0.25) is 4.98 Å². The quantitative estimate of drug-likeness (QED) is 0.780. The summed E-state index contributed by atoms with van der Waals surface area (Å²) >= 11 is 0. The standard InChI is InChI=1S/C19H22N2O5S/c22-27(23,17-3-4-18-19(12-17)25-11-10-24-18)21-9-1-2-15(13-21)14-26-16-5-7-20-8-6-16/h3-8,12,15H,1-2,9-11,13-14H2. The number of benzene rings is 1. The Kier molecular flexibility index (Phi) is 5.18. The fraction of sp³-hybridized carbons (Fsp3) is 0.421. The average Bonchev–Trinajstić information content (AvgIpc) is 2.73. The topological polar surface area (TPSA) is 78.0 Å². The molecule has 0 amide bonds. The van der Waals surface area contributed by atoms with Crippen LogP contribution in [0.15, 0.2) is 47.6 Å². The number of sulfonamides is 1. The van der Waals surface area contributed by atoms with Crippen molar-refractivity contribution in [3.63, 3.8) is 0 Å². The second-order valence-electron chi connectivity index (χ2n) is 6.67. The van der Waals surface area contributed by atoms with Gasteiger partial charge in [0.2, 0.25) is 10.0 Å². The lowest BCUT2D eigenvalue weighted by atomic mass is 10.0. The Balaban J connectivity index is 1.45. The van der Waals surface area contributed by atoms with Crippen LogP contribution in [0.2, 0.25) is 0 Å². The lowest BCUT2D eigenvalue weighted by Gasteiger charge is -2.32. The van der Waals surface area contributed by atoms with Crippen LogP contribution in [0.4, 0.5) is 0 Å². The summed E-state index contributed by atoms with van der Waals surface area (Å²) in [6.45, 7) is 2.35. The molecule has 8 heteroatoms. The van der Waals surface area contributed by atoms with Crippen LogP contribution in [0.1, 0.15) is 12.8 Å². The molecule has 1 atom stereocenters. The molecular formula is C19H22N2O5S. The Bertz CT molecular complexity index is 888. The fourth-order valence-corrected chi connectivity index (χ4v) is 4.93. The second-order valence-corrected chi connectivity index (χ2v) is 8.61. The molecule has 1 unspecified atom stereocenters. The van der Waals surface area contributed by atoms with Gasteiger partial charge in [-0.15, -0.1) is 0 Å². The molecule has 4 rings (SSSR count). The van der Waals surface area contributed by atoms with Gasteiger partial charge in [-0.2, -0.15) is 4.31 Å². The first kappa shape index (κ1) is 18.1. The van der Waals surface area contributed by atoms with Gasteiger partial charge in [-0.05, 0) is 37.1 Å². The van der Waals surface area contributed by atoms with E-state index in [1.807, 2.05) is 0 Å². The summed E-state index contributed by atoms with van der Waals surface area (Å²) in [4.78, 5) is 4.20. The number of piperidine rings is 1. The number of hydrogen-bond donors (Lipinski definition) is 0. The number of rotatable bonds is 5. The third-order valence-electron chi connectivity index (χ3n) is 4.77. The van der Waals surface area contributed by atoms with Crippen molar-refractivity contribution < 1.29 is 22.6 Å². The summed E-state index contributed by atoms with van der Waals surface area (Å²) in [5.74, 6) is 1.97. The number of ether oxygens (including phenoxy) is 3. The third kappa shape index (κ3) is 4.01. The summed E-state index contributed by atoms with van der Waals surface area (Å²) in [5.41, 5.74) is 0. The van der Waals surface area contributed by atoms with Crippen LogP contribution in [0.3, 0.4) is 0 Å². The van der Waals surface area contributed by atoms with E-state index in [1.54, 1.807) is 47.0 Å². The number of hydrogen-bond acceptors (Lipinski definition) is 6. The predicted octanol–water partition coefficient (Wildman–Crippen LogP) is 2.33. The molecule has 0 saturated carbocycles. The molecule has 0 aliphatic carbocycles. The van der Waals surface area contributed by atoms with Gasteiger partial charge in [0.15, 0.2) is 11.5 Å². The van der Waals surface area contributed by atoms with E-state index in [-0.39, 0.29) is 10.8 Å². The minimum atomic E-state index is -3.58. The molecule has 0 radical (unpaired) electrons. The zero-order valence-electron chi connectivity index (χ0n) is 14.9. The average molecular weight is 390 g/mol. The second kappa shape index (κ2) is 7.74. The van der Waals surface area contributed by atoms with Crippen LogP contribution in [0.25, 0.3) is 0 Å². The van der Waals surface area contributed by atoms with Gasteiger partial charge >= 0.3 is 0 Å². The Morgan fingerprint density at radius 2 is 1.89 bits per heavy atom. The minimum Gasteiger partial charge on any atom is -0.493 e. The van der Waals surface area contributed by atoms with Crippen molar-refractivity contribution >= 4 is 10.0 Å². The molecular weight excluding hydrogens is 368 g/mol. The summed E-state index contributed by atoms with van der Waals surface area (Å²) in [7, 11) is -3.58. The molecule has 3 heterocycles. The fourth-order valence-electron chi connectivity index (χ4n) is 3.36. The predicted molar refractivity (Wildman–Crippen MR) is 98.6 cm³/mol. The highest BCUT2D eigenvalue weighted by Crippen LogP contribution is 2.34. The van der Waals surface area contributed by atoms with Crippen molar-refractivity contribution in [1.82, 2.24) is 9.29 Å². The van der Waals surface area contributed by atoms with E-state index in [1.165, 1.54) is 0 Å². The summed E-state index contributed by atoms with van der Waals surface area (Å²) < 4.78 is 44.5. The number of pyridine rings is 1. The zero-order valence-corrected chi connectivity index (χ0v) is 15.7. The Hall–Kier alpha value is -2.32. The van der Waals surface area contributed by atoms with E-state index >= 15 is 0 Å². The summed E-state index contributed by atoms with van der Waals surface area (Å²) in [5, 5.41) is 0. The summed E-state index contributed by atoms with van der Waals surface area (Å²) in [6, 6.07) is 8.40. The van der Waals surface area contributed by atoms with Gasteiger partial charge in [0.1, 0.15) is 19.0 Å². The molecule has 144 valence electrons. The molecule has 1 saturated heterocycles. The maximum absolute atomic E-state index is 13.1. The van der Waals surface area contributed by atoms with Gasteiger partial charge in [0.25, 0.3) is 0 Å². The van der Waals surface area contributed by atoms with Crippen molar-refractivity contribution in [2.45, 2.75) is 17.7 Å². The lowest BCUT2D eigenvalue weighted by Crippen LogP contribution is -2.41. The molecule has 1 aromatic heterocycles. The number of aromatic nitrogens is 1. The maximum Gasteiger partial charge on any atom is 0.243 e. The molecule has 0 spiro atoms. The highest BCUT2D eigenvalue weighted by atomic mass is 32.2. The van der Waals surface area contributed by atoms with E-state index < -0.39 is 10.0 Å². The first-order chi connectivity index (χ1) is 13.1. The Morgan fingerprint density at radius 1 is 1.11 bits per heavy atom. The van der Waals surface area contributed by atoms with Gasteiger partial charge in [-0.25, -0.2) is 8.42 Å². The molecule has 2 aromatic rings. The highest BCUT2D eigenvalue weighted by molar-refractivity contribution is 7.89. The highest BCUT2D eigenvalue weighted by Gasteiger charge is 2.31. The van der Waals surface area contributed by atoms with E-state index in [0.29, 0.717) is 44.4 Å². The van der Waals surface area contributed by atoms with E-state index in [2.05, 4.69) is 4.98 Å². The van der Waals surface area contributed by atoms with Crippen molar-refractivity contribution in [2.75, 3.05) is 32.9 Å². The van der Waals surface area contributed by atoms with Crippen molar-refractivity contribution in [3.8, 4) is 17.2 Å². The Morgan fingerprint density at radius 3 is 2.70 bits per heavy atom. The van der Waals surface area contributed by atoms with Gasteiger partial charge in [-0.1, -0.05) is 0 Å². The third-order valence-corrected chi connectivity index (χ3v) is 6.63. The monoisotopic (exact) mass is 390 g/mol. The molecule has 1 fully saturated rings.